The molecule has 0 bridgehead atoms. The molecule has 0 aromatic heterocycles. The van der Waals surface area contributed by atoms with Crippen molar-refractivity contribution in [3.63, 3.8) is 0 Å². The Balaban J connectivity index is 2.31. The monoisotopic (exact) mass is 311 g/mol. The number of rotatable bonds is 5. The predicted octanol–water partition coefficient (Wildman–Crippen LogP) is 1.77. The van der Waals surface area contributed by atoms with Crippen LogP contribution in [0.4, 0.5) is 5.69 Å². The second kappa shape index (κ2) is 5.48. The van der Waals surface area contributed by atoms with Gasteiger partial charge in [0.05, 0.1) is 10.5 Å². The Kier molecular flexibility index (Phi) is 4.04. The van der Waals surface area contributed by atoms with Gasteiger partial charge in [-0.05, 0) is 37.0 Å². The highest BCUT2D eigenvalue weighted by molar-refractivity contribution is 7.90. The van der Waals surface area contributed by atoms with Gasteiger partial charge in [-0.15, -0.1) is 0 Å². The number of carbonyl (C=O) groups excluding carboxylic acids is 1. The van der Waals surface area contributed by atoms with E-state index in [4.69, 9.17) is 5.11 Å². The molecule has 2 N–H and O–H groups in total. The molecule has 114 valence electrons. The second-order valence-electron chi connectivity index (χ2n) is 5.44. The van der Waals surface area contributed by atoms with Crippen molar-refractivity contribution in [1.29, 1.82) is 0 Å². The molecule has 0 spiro atoms. The van der Waals surface area contributed by atoms with Crippen LogP contribution >= 0.6 is 0 Å². The molecule has 1 aliphatic rings. The number of hydrogen-bond donors (Lipinski definition) is 2. The van der Waals surface area contributed by atoms with Crippen LogP contribution < -0.4 is 5.32 Å². The standard InChI is InChI=1S/C14H17NO5S/c1-8(9-3-4-9)13(16)15-11-5-10(14(17)18)6-12(7-11)21(2,19)20/h5-9H,3-4H2,1-2H3,(H,15,16)(H,17,18). The molecule has 0 aliphatic heterocycles. The fourth-order valence-corrected chi connectivity index (χ4v) is 2.76. The van der Waals surface area contributed by atoms with Crippen LogP contribution in [0, 0.1) is 11.8 Å². The summed E-state index contributed by atoms with van der Waals surface area (Å²) in [6, 6.07) is 3.62. The Labute approximate surface area is 123 Å². The Hall–Kier alpha value is -1.89. The molecule has 1 unspecified atom stereocenters. The molecule has 1 atom stereocenters. The number of carboxylic acids is 1. The fourth-order valence-electron chi connectivity index (χ4n) is 2.08. The number of amides is 1. The molecular weight excluding hydrogens is 294 g/mol. The van der Waals surface area contributed by atoms with Gasteiger partial charge in [-0.2, -0.15) is 0 Å². The number of sulfone groups is 1. The van der Waals surface area contributed by atoms with E-state index in [9.17, 15) is 18.0 Å². The van der Waals surface area contributed by atoms with Crippen molar-refractivity contribution >= 4 is 27.4 Å². The summed E-state index contributed by atoms with van der Waals surface area (Å²) < 4.78 is 23.2. The van der Waals surface area contributed by atoms with E-state index in [0.29, 0.717) is 5.92 Å². The first kappa shape index (κ1) is 15.5. The Morgan fingerprint density at radius 2 is 1.90 bits per heavy atom. The third-order valence-electron chi connectivity index (χ3n) is 3.59. The summed E-state index contributed by atoms with van der Waals surface area (Å²) >= 11 is 0. The van der Waals surface area contributed by atoms with Gasteiger partial charge in [0, 0.05) is 17.9 Å². The van der Waals surface area contributed by atoms with Gasteiger partial charge in [-0.25, -0.2) is 13.2 Å². The van der Waals surface area contributed by atoms with Crippen LogP contribution in [0.15, 0.2) is 23.1 Å². The minimum absolute atomic E-state index is 0.128. The summed E-state index contributed by atoms with van der Waals surface area (Å²) in [6.45, 7) is 1.81. The van der Waals surface area contributed by atoms with E-state index >= 15 is 0 Å². The van der Waals surface area contributed by atoms with Crippen LogP contribution in [-0.4, -0.2) is 31.7 Å². The molecule has 6 nitrogen and oxygen atoms in total. The molecule has 1 aromatic carbocycles. The lowest BCUT2D eigenvalue weighted by molar-refractivity contribution is -0.119. The van der Waals surface area contributed by atoms with Crippen LogP contribution in [0.5, 0.6) is 0 Å². The molecule has 1 saturated carbocycles. The zero-order chi connectivity index (χ0) is 15.8. The lowest BCUT2D eigenvalue weighted by Gasteiger charge is -2.12. The zero-order valence-corrected chi connectivity index (χ0v) is 12.6. The van der Waals surface area contributed by atoms with Gasteiger partial charge < -0.3 is 10.4 Å². The van der Waals surface area contributed by atoms with Gasteiger partial charge in [-0.1, -0.05) is 6.92 Å². The maximum Gasteiger partial charge on any atom is 0.335 e. The summed E-state index contributed by atoms with van der Waals surface area (Å²) in [5.74, 6) is -1.27. The molecule has 0 saturated heterocycles. The highest BCUT2D eigenvalue weighted by Gasteiger charge is 2.32. The van der Waals surface area contributed by atoms with E-state index in [1.165, 1.54) is 12.1 Å². The number of aromatic carboxylic acids is 1. The summed E-state index contributed by atoms with van der Waals surface area (Å²) in [7, 11) is -3.56. The minimum atomic E-state index is -3.56. The zero-order valence-electron chi connectivity index (χ0n) is 11.8. The van der Waals surface area contributed by atoms with Gasteiger partial charge in [0.25, 0.3) is 0 Å². The van der Waals surface area contributed by atoms with Gasteiger partial charge in [-0.3, -0.25) is 4.79 Å². The molecule has 0 heterocycles. The number of benzene rings is 1. The van der Waals surface area contributed by atoms with E-state index in [-0.39, 0.29) is 28.0 Å². The predicted molar refractivity (Wildman–Crippen MR) is 77.0 cm³/mol. The molecule has 7 heteroatoms. The van der Waals surface area contributed by atoms with E-state index < -0.39 is 15.8 Å². The molecule has 21 heavy (non-hydrogen) atoms. The Bertz CT molecular complexity index is 691. The van der Waals surface area contributed by atoms with E-state index in [0.717, 1.165) is 25.2 Å². The van der Waals surface area contributed by atoms with Crippen LogP contribution in [0.3, 0.4) is 0 Å². The Morgan fingerprint density at radius 3 is 2.38 bits per heavy atom. The number of carboxylic acid groups (broad SMARTS) is 1. The number of anilines is 1. The molecule has 1 aromatic rings. The largest absolute Gasteiger partial charge is 0.478 e. The van der Waals surface area contributed by atoms with Gasteiger partial charge in [0.1, 0.15) is 0 Å². The van der Waals surface area contributed by atoms with Crippen molar-refractivity contribution < 1.29 is 23.1 Å². The molecule has 2 rings (SSSR count). The lowest BCUT2D eigenvalue weighted by atomic mass is 10.1. The van der Waals surface area contributed by atoms with Crippen molar-refractivity contribution in [1.82, 2.24) is 0 Å². The lowest BCUT2D eigenvalue weighted by Crippen LogP contribution is -2.22. The normalized spacial score (nSPS) is 16.3. The van der Waals surface area contributed by atoms with Gasteiger partial charge in [0.2, 0.25) is 5.91 Å². The molecule has 1 aliphatic carbocycles. The first-order valence-corrected chi connectivity index (χ1v) is 8.47. The first-order chi connectivity index (χ1) is 9.68. The van der Waals surface area contributed by atoms with Crippen LogP contribution in [0.25, 0.3) is 0 Å². The van der Waals surface area contributed by atoms with Crippen LogP contribution in [0.2, 0.25) is 0 Å². The molecular formula is C14H17NO5S. The van der Waals surface area contributed by atoms with Crippen molar-refractivity contribution in [3.05, 3.63) is 23.8 Å². The first-order valence-electron chi connectivity index (χ1n) is 6.58. The quantitative estimate of drug-likeness (QED) is 0.863. The smallest absolute Gasteiger partial charge is 0.335 e. The average Bonchev–Trinajstić information content (AvgIpc) is 3.20. The molecule has 1 amide bonds. The van der Waals surface area contributed by atoms with E-state index in [1.54, 1.807) is 0 Å². The van der Waals surface area contributed by atoms with Crippen LogP contribution in [0.1, 0.15) is 30.1 Å². The van der Waals surface area contributed by atoms with E-state index in [1.807, 2.05) is 6.92 Å². The Morgan fingerprint density at radius 1 is 1.29 bits per heavy atom. The highest BCUT2D eigenvalue weighted by Crippen LogP contribution is 2.37. The summed E-state index contributed by atoms with van der Waals surface area (Å²) in [5.41, 5.74) is 0.0140. The maximum absolute atomic E-state index is 12.0. The molecule has 1 fully saturated rings. The second-order valence-corrected chi connectivity index (χ2v) is 7.45. The summed E-state index contributed by atoms with van der Waals surface area (Å²) in [6.07, 6.45) is 3.02. The molecule has 0 radical (unpaired) electrons. The minimum Gasteiger partial charge on any atom is -0.478 e. The third kappa shape index (κ3) is 3.81. The third-order valence-corrected chi connectivity index (χ3v) is 4.68. The van der Waals surface area contributed by atoms with Crippen LogP contribution in [-0.2, 0) is 14.6 Å². The SMILES string of the molecule is CC(C(=O)Nc1cc(C(=O)O)cc(S(C)(=O)=O)c1)C1CC1. The van der Waals surface area contributed by atoms with Crippen molar-refractivity contribution in [2.75, 3.05) is 11.6 Å². The highest BCUT2D eigenvalue weighted by atomic mass is 32.2. The van der Waals surface area contributed by atoms with E-state index in [2.05, 4.69) is 5.32 Å². The number of carbonyl (C=O) groups is 2. The van der Waals surface area contributed by atoms with Crippen molar-refractivity contribution in [3.8, 4) is 0 Å². The van der Waals surface area contributed by atoms with Gasteiger partial charge >= 0.3 is 5.97 Å². The number of hydrogen-bond acceptors (Lipinski definition) is 4. The summed E-state index contributed by atoms with van der Waals surface area (Å²) in [4.78, 5) is 23.0. The average molecular weight is 311 g/mol. The maximum atomic E-state index is 12.0. The topological polar surface area (TPSA) is 101 Å². The fraction of sp³-hybridized carbons (Fsp3) is 0.429. The summed E-state index contributed by atoms with van der Waals surface area (Å²) in [5, 5.41) is 11.6. The van der Waals surface area contributed by atoms with Crippen molar-refractivity contribution in [2.24, 2.45) is 11.8 Å². The number of nitrogens with one attached hydrogen (secondary N) is 1. The van der Waals surface area contributed by atoms with Crippen molar-refractivity contribution in [2.45, 2.75) is 24.7 Å². The van der Waals surface area contributed by atoms with Gasteiger partial charge in [0.15, 0.2) is 9.84 Å².